The summed E-state index contributed by atoms with van der Waals surface area (Å²) in [6.07, 6.45) is 2.95. The topological polar surface area (TPSA) is 84.5 Å². The molecule has 0 bridgehead atoms. The number of carbonyl (C=O) groups is 2. The third-order valence-corrected chi connectivity index (χ3v) is 3.00. The van der Waals surface area contributed by atoms with Gasteiger partial charge in [-0.15, -0.1) is 0 Å². The fourth-order valence-electron chi connectivity index (χ4n) is 1.85. The fourth-order valence-corrected chi connectivity index (χ4v) is 1.85. The van der Waals surface area contributed by atoms with Gasteiger partial charge in [0, 0.05) is 0 Å². The van der Waals surface area contributed by atoms with E-state index < -0.39 is 11.9 Å². The van der Waals surface area contributed by atoms with Gasteiger partial charge in [-0.05, 0) is 30.2 Å². The van der Waals surface area contributed by atoms with E-state index in [9.17, 15) is 9.59 Å². The van der Waals surface area contributed by atoms with E-state index in [0.717, 1.165) is 0 Å². The monoisotopic (exact) mass is 290 g/mol. The van der Waals surface area contributed by atoms with E-state index in [4.69, 9.17) is 8.83 Å². The maximum atomic E-state index is 12.2. The Kier molecular flexibility index (Phi) is 4.81. The molecule has 21 heavy (non-hydrogen) atoms. The van der Waals surface area contributed by atoms with Crippen LogP contribution in [0.1, 0.15) is 30.2 Å². The van der Waals surface area contributed by atoms with E-state index in [0.29, 0.717) is 5.76 Å². The van der Waals surface area contributed by atoms with Crippen LogP contribution in [0.4, 0.5) is 0 Å². The summed E-state index contributed by atoms with van der Waals surface area (Å²) >= 11 is 0. The third-order valence-electron chi connectivity index (χ3n) is 3.00. The molecule has 0 saturated heterocycles. The molecule has 2 N–H and O–H groups in total. The van der Waals surface area contributed by atoms with Gasteiger partial charge in [-0.2, -0.15) is 0 Å². The Hall–Kier alpha value is -2.50. The number of carbonyl (C=O) groups excluding carboxylic acids is 2. The van der Waals surface area contributed by atoms with Gasteiger partial charge in [0.2, 0.25) is 5.91 Å². The molecule has 0 fully saturated rings. The summed E-state index contributed by atoms with van der Waals surface area (Å²) in [5.74, 6) is 0.108. The molecule has 0 aliphatic rings. The normalized spacial score (nSPS) is 12.1. The molecular weight excluding hydrogens is 272 g/mol. The van der Waals surface area contributed by atoms with Crippen LogP contribution in [0.3, 0.4) is 0 Å². The lowest BCUT2D eigenvalue weighted by atomic mass is 10.0. The predicted molar refractivity (Wildman–Crippen MR) is 75.4 cm³/mol. The van der Waals surface area contributed by atoms with Crippen LogP contribution in [0.2, 0.25) is 0 Å². The first-order valence-electron chi connectivity index (χ1n) is 6.72. The molecule has 0 aliphatic heterocycles. The average molecular weight is 290 g/mol. The van der Waals surface area contributed by atoms with Crippen LogP contribution in [0, 0.1) is 5.92 Å². The van der Waals surface area contributed by atoms with Gasteiger partial charge in [0.25, 0.3) is 5.91 Å². The zero-order valence-corrected chi connectivity index (χ0v) is 12.0. The van der Waals surface area contributed by atoms with Gasteiger partial charge in [0.15, 0.2) is 5.76 Å². The second kappa shape index (κ2) is 6.78. The molecule has 0 aliphatic carbocycles. The summed E-state index contributed by atoms with van der Waals surface area (Å²) < 4.78 is 10.2. The number of amides is 2. The third kappa shape index (κ3) is 3.98. The standard InChI is InChI=1S/C15H18N2O4/c1-10(2)13(17-14(18)12-6-4-8-21-12)15(19)16-9-11-5-3-7-20-11/h3-8,10,13H,9H2,1-2H3,(H,16,19)(H,17,18). The molecule has 0 spiro atoms. The molecule has 1 atom stereocenters. The van der Waals surface area contributed by atoms with Crippen molar-refractivity contribution in [2.45, 2.75) is 26.4 Å². The molecule has 0 radical (unpaired) electrons. The minimum atomic E-state index is -0.641. The summed E-state index contributed by atoms with van der Waals surface area (Å²) in [4.78, 5) is 24.1. The van der Waals surface area contributed by atoms with E-state index in [2.05, 4.69) is 10.6 Å². The fraction of sp³-hybridized carbons (Fsp3) is 0.333. The minimum Gasteiger partial charge on any atom is -0.467 e. The van der Waals surface area contributed by atoms with Crippen molar-refractivity contribution in [2.24, 2.45) is 5.92 Å². The molecule has 1 unspecified atom stereocenters. The van der Waals surface area contributed by atoms with Crippen LogP contribution < -0.4 is 10.6 Å². The maximum Gasteiger partial charge on any atom is 0.287 e. The lowest BCUT2D eigenvalue weighted by Gasteiger charge is -2.20. The quantitative estimate of drug-likeness (QED) is 0.851. The highest BCUT2D eigenvalue weighted by molar-refractivity contribution is 5.95. The van der Waals surface area contributed by atoms with Gasteiger partial charge in [-0.25, -0.2) is 0 Å². The SMILES string of the molecule is CC(C)C(NC(=O)c1ccco1)C(=O)NCc1ccco1. The average Bonchev–Trinajstić information content (AvgIpc) is 3.13. The van der Waals surface area contributed by atoms with Crippen molar-refractivity contribution in [1.29, 1.82) is 0 Å². The molecule has 2 amide bonds. The highest BCUT2D eigenvalue weighted by Crippen LogP contribution is 2.06. The molecular formula is C15H18N2O4. The van der Waals surface area contributed by atoms with Crippen molar-refractivity contribution in [1.82, 2.24) is 10.6 Å². The molecule has 2 aromatic heterocycles. The molecule has 2 aromatic rings. The number of hydrogen-bond acceptors (Lipinski definition) is 4. The van der Waals surface area contributed by atoms with Crippen LogP contribution in [-0.4, -0.2) is 17.9 Å². The number of furan rings is 2. The second-order valence-electron chi connectivity index (χ2n) is 4.97. The second-order valence-corrected chi connectivity index (χ2v) is 4.97. The van der Waals surface area contributed by atoms with Crippen molar-refractivity contribution in [3.05, 3.63) is 48.3 Å². The molecule has 6 nitrogen and oxygen atoms in total. The number of nitrogens with one attached hydrogen (secondary N) is 2. The summed E-state index contributed by atoms with van der Waals surface area (Å²) in [6, 6.07) is 6.05. The smallest absolute Gasteiger partial charge is 0.287 e. The molecule has 2 rings (SSSR count). The Labute approximate surface area is 122 Å². The van der Waals surface area contributed by atoms with Gasteiger partial charge in [0.05, 0.1) is 19.1 Å². The lowest BCUT2D eigenvalue weighted by Crippen LogP contribution is -2.49. The molecule has 0 aromatic carbocycles. The zero-order valence-electron chi connectivity index (χ0n) is 12.0. The Balaban J connectivity index is 1.94. The summed E-state index contributed by atoms with van der Waals surface area (Å²) in [7, 11) is 0. The summed E-state index contributed by atoms with van der Waals surface area (Å²) in [6.45, 7) is 4.00. The zero-order chi connectivity index (χ0) is 15.2. The maximum absolute atomic E-state index is 12.2. The molecule has 0 saturated carbocycles. The summed E-state index contributed by atoms with van der Waals surface area (Å²) in [5, 5.41) is 5.41. The van der Waals surface area contributed by atoms with E-state index in [-0.39, 0.29) is 24.1 Å². The van der Waals surface area contributed by atoms with E-state index in [1.54, 1.807) is 30.5 Å². The largest absolute Gasteiger partial charge is 0.467 e. The number of hydrogen-bond donors (Lipinski definition) is 2. The van der Waals surface area contributed by atoms with E-state index >= 15 is 0 Å². The molecule has 112 valence electrons. The van der Waals surface area contributed by atoms with Gasteiger partial charge in [-0.3, -0.25) is 9.59 Å². The van der Waals surface area contributed by atoms with Gasteiger partial charge in [0.1, 0.15) is 11.8 Å². The van der Waals surface area contributed by atoms with Crippen molar-refractivity contribution in [2.75, 3.05) is 0 Å². The Morgan fingerprint density at radius 2 is 1.86 bits per heavy atom. The van der Waals surface area contributed by atoms with Crippen LogP contribution >= 0.6 is 0 Å². The minimum absolute atomic E-state index is 0.0551. The van der Waals surface area contributed by atoms with E-state index in [1.165, 1.54) is 6.26 Å². The lowest BCUT2D eigenvalue weighted by molar-refractivity contribution is -0.124. The van der Waals surface area contributed by atoms with Crippen molar-refractivity contribution in [3.8, 4) is 0 Å². The Morgan fingerprint density at radius 3 is 2.43 bits per heavy atom. The van der Waals surface area contributed by atoms with Crippen LogP contribution in [0.5, 0.6) is 0 Å². The molecule has 6 heteroatoms. The van der Waals surface area contributed by atoms with E-state index in [1.807, 2.05) is 13.8 Å². The van der Waals surface area contributed by atoms with Crippen molar-refractivity contribution in [3.63, 3.8) is 0 Å². The van der Waals surface area contributed by atoms with Gasteiger partial charge >= 0.3 is 0 Å². The number of rotatable bonds is 6. The summed E-state index contributed by atoms with van der Waals surface area (Å²) in [5.41, 5.74) is 0. The Morgan fingerprint density at radius 1 is 1.14 bits per heavy atom. The molecule has 2 heterocycles. The van der Waals surface area contributed by atoms with Crippen molar-refractivity contribution < 1.29 is 18.4 Å². The highest BCUT2D eigenvalue weighted by Gasteiger charge is 2.25. The predicted octanol–water partition coefficient (Wildman–Crippen LogP) is 1.94. The van der Waals surface area contributed by atoms with Crippen LogP contribution in [0.25, 0.3) is 0 Å². The first-order valence-corrected chi connectivity index (χ1v) is 6.72. The van der Waals surface area contributed by atoms with Crippen molar-refractivity contribution >= 4 is 11.8 Å². The first kappa shape index (κ1) is 14.9. The Bertz CT molecular complexity index is 573. The first-order chi connectivity index (χ1) is 10.1. The van der Waals surface area contributed by atoms with Gasteiger partial charge < -0.3 is 19.5 Å². The van der Waals surface area contributed by atoms with Gasteiger partial charge in [-0.1, -0.05) is 13.8 Å². The van der Waals surface area contributed by atoms with Crippen LogP contribution in [0.15, 0.2) is 45.6 Å². The highest BCUT2D eigenvalue weighted by atomic mass is 16.3. The van der Waals surface area contributed by atoms with Crippen LogP contribution in [-0.2, 0) is 11.3 Å².